The lowest BCUT2D eigenvalue weighted by atomic mass is 10.2. The molecule has 2 amide bonds. The fourth-order valence-corrected chi connectivity index (χ4v) is 1.55. The van der Waals surface area contributed by atoms with Crippen molar-refractivity contribution in [1.29, 1.82) is 0 Å². The van der Waals surface area contributed by atoms with Crippen LogP contribution in [0.5, 0.6) is 0 Å². The molecule has 0 bridgehead atoms. The van der Waals surface area contributed by atoms with Gasteiger partial charge in [0.15, 0.2) is 0 Å². The monoisotopic (exact) mass is 274 g/mol. The highest BCUT2D eigenvalue weighted by molar-refractivity contribution is 5.74. The summed E-state index contributed by atoms with van der Waals surface area (Å²) in [6.07, 6.45) is 0. The second kappa shape index (κ2) is 8.35. The number of nitrogens with zero attached hydrogens (tertiary/aromatic N) is 2. The molecule has 6 nitrogen and oxygen atoms in total. The summed E-state index contributed by atoms with van der Waals surface area (Å²) in [6.45, 7) is 10.6. The van der Waals surface area contributed by atoms with Gasteiger partial charge in [0.2, 0.25) is 0 Å². The molecule has 0 aromatic heterocycles. The van der Waals surface area contributed by atoms with Crippen LogP contribution in [-0.2, 0) is 14.2 Å². The Kier molecular flexibility index (Phi) is 7.12. The number of rotatable bonds is 8. The van der Waals surface area contributed by atoms with Crippen molar-refractivity contribution >= 4 is 6.03 Å². The van der Waals surface area contributed by atoms with E-state index in [-0.39, 0.29) is 33.0 Å². The highest BCUT2D eigenvalue weighted by atomic mass is 16.5. The van der Waals surface area contributed by atoms with Gasteiger partial charge in [0.25, 0.3) is 0 Å². The van der Waals surface area contributed by atoms with Crippen molar-refractivity contribution in [2.45, 2.75) is 27.7 Å². The van der Waals surface area contributed by atoms with E-state index in [2.05, 4.69) is 27.7 Å². The van der Waals surface area contributed by atoms with Gasteiger partial charge in [-0.25, -0.2) is 4.79 Å². The summed E-state index contributed by atoms with van der Waals surface area (Å²) in [4.78, 5) is 15.2. The van der Waals surface area contributed by atoms with Gasteiger partial charge in [-0.3, -0.25) is 9.80 Å². The number of hydrogen-bond donors (Lipinski definition) is 0. The van der Waals surface area contributed by atoms with Gasteiger partial charge in [-0.05, 0) is 11.8 Å². The highest BCUT2D eigenvalue weighted by Crippen LogP contribution is 2.08. The van der Waals surface area contributed by atoms with Crippen LogP contribution in [0.1, 0.15) is 27.7 Å². The maximum absolute atomic E-state index is 12.1. The summed E-state index contributed by atoms with van der Waals surface area (Å²) >= 11 is 0. The van der Waals surface area contributed by atoms with Crippen LogP contribution in [-0.4, -0.2) is 56.0 Å². The van der Waals surface area contributed by atoms with Crippen molar-refractivity contribution in [3.8, 4) is 0 Å². The summed E-state index contributed by atoms with van der Waals surface area (Å²) in [5, 5.41) is 0. The summed E-state index contributed by atoms with van der Waals surface area (Å²) in [5.74, 6) is 0.901. The number of carbonyl (C=O) groups is 1. The van der Waals surface area contributed by atoms with E-state index in [1.165, 1.54) is 9.80 Å². The van der Waals surface area contributed by atoms with Gasteiger partial charge < -0.3 is 14.2 Å². The minimum atomic E-state index is -0.0984. The Morgan fingerprint density at radius 2 is 1.42 bits per heavy atom. The Bertz CT molecular complexity index is 247. The molecule has 0 spiro atoms. The Labute approximate surface area is 115 Å². The standard InChI is InChI=1S/C13H26N2O4/c1-11(2)5-17-7-14-9-19-10-15(13(14)16)8-18-6-12(3)4/h11-12H,5-10H2,1-4H3. The van der Waals surface area contributed by atoms with E-state index in [4.69, 9.17) is 14.2 Å². The van der Waals surface area contributed by atoms with Crippen molar-refractivity contribution in [3.63, 3.8) is 0 Å². The minimum Gasteiger partial charge on any atom is -0.361 e. The van der Waals surface area contributed by atoms with Crippen LogP contribution < -0.4 is 0 Å². The zero-order valence-corrected chi connectivity index (χ0v) is 12.4. The van der Waals surface area contributed by atoms with Gasteiger partial charge in [-0.1, -0.05) is 27.7 Å². The fourth-order valence-electron chi connectivity index (χ4n) is 1.55. The van der Waals surface area contributed by atoms with Crippen molar-refractivity contribution < 1.29 is 19.0 Å². The molecular weight excluding hydrogens is 248 g/mol. The lowest BCUT2D eigenvalue weighted by molar-refractivity contribution is -0.114. The molecule has 1 fully saturated rings. The summed E-state index contributed by atoms with van der Waals surface area (Å²) in [5.41, 5.74) is 0. The van der Waals surface area contributed by atoms with E-state index < -0.39 is 0 Å². The van der Waals surface area contributed by atoms with Crippen LogP contribution in [0.3, 0.4) is 0 Å². The topological polar surface area (TPSA) is 51.2 Å². The molecule has 6 heteroatoms. The lowest BCUT2D eigenvalue weighted by Crippen LogP contribution is -2.51. The average Bonchev–Trinajstić information content (AvgIpc) is 2.32. The Balaban J connectivity index is 2.29. The third-order valence-electron chi connectivity index (χ3n) is 2.43. The van der Waals surface area contributed by atoms with Crippen LogP contribution in [0.15, 0.2) is 0 Å². The smallest absolute Gasteiger partial charge is 0.327 e. The molecule has 112 valence electrons. The number of carbonyl (C=O) groups excluding carboxylic acids is 1. The fraction of sp³-hybridized carbons (Fsp3) is 0.923. The van der Waals surface area contributed by atoms with Gasteiger partial charge >= 0.3 is 6.03 Å². The lowest BCUT2D eigenvalue weighted by Gasteiger charge is -2.34. The molecule has 19 heavy (non-hydrogen) atoms. The van der Waals surface area contributed by atoms with E-state index in [0.29, 0.717) is 25.0 Å². The molecule has 0 aromatic carbocycles. The first-order chi connectivity index (χ1) is 9.00. The minimum absolute atomic E-state index is 0.0984. The molecule has 0 radical (unpaired) electrons. The molecule has 0 saturated carbocycles. The first-order valence-electron chi connectivity index (χ1n) is 6.77. The van der Waals surface area contributed by atoms with Gasteiger partial charge in [-0.2, -0.15) is 0 Å². The van der Waals surface area contributed by atoms with Gasteiger partial charge in [0, 0.05) is 0 Å². The van der Waals surface area contributed by atoms with Crippen LogP contribution in [0, 0.1) is 11.8 Å². The molecule has 0 aromatic rings. The molecule has 0 atom stereocenters. The van der Waals surface area contributed by atoms with Crippen LogP contribution >= 0.6 is 0 Å². The molecule has 1 saturated heterocycles. The molecule has 1 heterocycles. The van der Waals surface area contributed by atoms with E-state index in [1.54, 1.807) is 0 Å². The number of urea groups is 1. The van der Waals surface area contributed by atoms with E-state index in [1.807, 2.05) is 0 Å². The van der Waals surface area contributed by atoms with E-state index >= 15 is 0 Å². The van der Waals surface area contributed by atoms with E-state index in [9.17, 15) is 4.79 Å². The summed E-state index contributed by atoms with van der Waals surface area (Å²) in [6, 6.07) is -0.0984. The molecule has 0 N–H and O–H groups in total. The highest BCUT2D eigenvalue weighted by Gasteiger charge is 2.26. The van der Waals surface area contributed by atoms with Gasteiger partial charge in [-0.15, -0.1) is 0 Å². The predicted molar refractivity (Wildman–Crippen MR) is 71.2 cm³/mol. The molecule has 0 aliphatic carbocycles. The number of hydrogen-bond acceptors (Lipinski definition) is 4. The van der Waals surface area contributed by atoms with Crippen molar-refractivity contribution in [2.24, 2.45) is 11.8 Å². The van der Waals surface area contributed by atoms with Crippen molar-refractivity contribution in [3.05, 3.63) is 0 Å². The summed E-state index contributed by atoms with van der Waals surface area (Å²) < 4.78 is 16.3. The first-order valence-corrected chi connectivity index (χ1v) is 6.77. The Morgan fingerprint density at radius 1 is 1.00 bits per heavy atom. The average molecular weight is 274 g/mol. The summed E-state index contributed by atoms with van der Waals surface area (Å²) in [7, 11) is 0. The maximum Gasteiger partial charge on any atom is 0.327 e. The van der Waals surface area contributed by atoms with Crippen molar-refractivity contribution in [1.82, 2.24) is 9.80 Å². The normalized spacial score (nSPS) is 16.8. The number of amides is 2. The van der Waals surface area contributed by atoms with Crippen LogP contribution in [0.2, 0.25) is 0 Å². The largest absolute Gasteiger partial charge is 0.361 e. The first kappa shape index (κ1) is 16.2. The second-order valence-corrected chi connectivity index (χ2v) is 5.61. The molecule has 1 aliphatic rings. The van der Waals surface area contributed by atoms with Crippen LogP contribution in [0.25, 0.3) is 0 Å². The SMILES string of the molecule is CC(C)COCN1COCN(COCC(C)C)C1=O. The molecular formula is C13H26N2O4. The predicted octanol–water partition coefficient (Wildman–Crippen LogP) is 1.92. The van der Waals surface area contributed by atoms with Crippen LogP contribution in [0.4, 0.5) is 4.79 Å². The third-order valence-corrected chi connectivity index (χ3v) is 2.43. The molecule has 1 aliphatic heterocycles. The Hall–Kier alpha value is -0.850. The molecule has 0 unspecified atom stereocenters. The second-order valence-electron chi connectivity index (χ2n) is 5.61. The number of ether oxygens (including phenoxy) is 3. The third kappa shape index (κ3) is 6.22. The maximum atomic E-state index is 12.1. The quantitative estimate of drug-likeness (QED) is 0.678. The van der Waals surface area contributed by atoms with Gasteiger partial charge in [0.05, 0.1) is 13.2 Å². The molecule has 1 rings (SSSR count). The zero-order valence-electron chi connectivity index (χ0n) is 12.4. The van der Waals surface area contributed by atoms with E-state index in [0.717, 1.165) is 0 Å². The van der Waals surface area contributed by atoms with Crippen molar-refractivity contribution in [2.75, 3.05) is 40.1 Å². The Morgan fingerprint density at radius 3 is 1.79 bits per heavy atom. The zero-order chi connectivity index (χ0) is 14.3. The van der Waals surface area contributed by atoms with Gasteiger partial charge in [0.1, 0.15) is 26.9 Å².